The fourth-order valence-electron chi connectivity index (χ4n) is 2.11. The van der Waals surface area contributed by atoms with Crippen molar-refractivity contribution in [2.75, 3.05) is 6.54 Å². The lowest BCUT2D eigenvalue weighted by Gasteiger charge is -2.20. The fourth-order valence-corrected chi connectivity index (χ4v) is 3.37. The average molecular weight is 298 g/mol. The van der Waals surface area contributed by atoms with Crippen molar-refractivity contribution in [3.8, 4) is 0 Å². The van der Waals surface area contributed by atoms with Crippen LogP contribution in [0.2, 0.25) is 5.02 Å². The zero-order valence-corrected chi connectivity index (χ0v) is 12.6. The second kappa shape index (κ2) is 6.51. The van der Waals surface area contributed by atoms with E-state index in [1.165, 1.54) is 6.07 Å². The van der Waals surface area contributed by atoms with Crippen molar-refractivity contribution < 1.29 is 4.39 Å². The van der Waals surface area contributed by atoms with Crippen LogP contribution in [0.15, 0.2) is 29.6 Å². The number of hydrogen-bond acceptors (Lipinski definition) is 2. The first-order valence-electron chi connectivity index (χ1n) is 6.35. The summed E-state index contributed by atoms with van der Waals surface area (Å²) in [5, 5.41) is 6.24. The highest BCUT2D eigenvalue weighted by Gasteiger charge is 2.19. The Hall–Kier alpha value is -0.900. The number of benzene rings is 1. The number of aryl methyl sites for hydroxylation is 1. The molecule has 1 atom stereocenters. The molecule has 1 N–H and O–H groups in total. The molecule has 1 unspecified atom stereocenters. The quantitative estimate of drug-likeness (QED) is 0.824. The summed E-state index contributed by atoms with van der Waals surface area (Å²) < 4.78 is 13.2. The molecule has 0 radical (unpaired) electrons. The maximum Gasteiger partial charge on any atom is 0.123 e. The summed E-state index contributed by atoms with van der Waals surface area (Å²) in [7, 11) is 0. The molecule has 1 aromatic heterocycles. The number of rotatable bonds is 5. The Morgan fingerprint density at radius 1 is 1.37 bits per heavy atom. The van der Waals surface area contributed by atoms with Crippen LogP contribution in [-0.2, 0) is 0 Å². The van der Waals surface area contributed by atoms with Gasteiger partial charge < -0.3 is 5.32 Å². The van der Waals surface area contributed by atoms with E-state index in [4.69, 9.17) is 11.6 Å². The highest BCUT2D eigenvalue weighted by Crippen LogP contribution is 2.34. The van der Waals surface area contributed by atoms with Gasteiger partial charge in [-0.1, -0.05) is 24.6 Å². The second-order valence-electron chi connectivity index (χ2n) is 4.52. The van der Waals surface area contributed by atoms with E-state index in [9.17, 15) is 4.39 Å². The van der Waals surface area contributed by atoms with Gasteiger partial charge in [-0.2, -0.15) is 0 Å². The van der Waals surface area contributed by atoms with Crippen LogP contribution < -0.4 is 5.32 Å². The van der Waals surface area contributed by atoms with Gasteiger partial charge in [-0.25, -0.2) is 4.39 Å². The average Bonchev–Trinajstić information content (AvgIpc) is 2.78. The topological polar surface area (TPSA) is 12.0 Å². The van der Waals surface area contributed by atoms with Crippen LogP contribution in [0.4, 0.5) is 4.39 Å². The van der Waals surface area contributed by atoms with Crippen LogP contribution in [0.3, 0.4) is 0 Å². The minimum atomic E-state index is -0.201. The molecule has 19 heavy (non-hydrogen) atoms. The number of thiophene rings is 1. The first-order chi connectivity index (χ1) is 9.13. The van der Waals surface area contributed by atoms with Crippen LogP contribution in [0, 0.1) is 12.7 Å². The number of hydrogen-bond donors (Lipinski definition) is 1. The summed E-state index contributed by atoms with van der Waals surface area (Å²) in [6, 6.07) is 6.85. The van der Waals surface area contributed by atoms with Gasteiger partial charge in [-0.3, -0.25) is 0 Å². The summed E-state index contributed by atoms with van der Waals surface area (Å²) in [5.74, 6) is -0.201. The van der Waals surface area contributed by atoms with Gasteiger partial charge in [0.15, 0.2) is 0 Å². The van der Waals surface area contributed by atoms with E-state index in [2.05, 4.69) is 12.2 Å². The smallest absolute Gasteiger partial charge is 0.123 e. The first-order valence-corrected chi connectivity index (χ1v) is 7.61. The van der Waals surface area contributed by atoms with Crippen LogP contribution >= 0.6 is 22.9 Å². The van der Waals surface area contributed by atoms with Gasteiger partial charge in [0, 0.05) is 4.88 Å². The molecule has 0 bridgehead atoms. The number of nitrogens with one attached hydrogen (secondary N) is 1. The fraction of sp³-hybridized carbons (Fsp3) is 0.333. The molecule has 1 aromatic carbocycles. The summed E-state index contributed by atoms with van der Waals surface area (Å²) >= 11 is 7.87. The third-order valence-corrected chi connectivity index (χ3v) is 4.47. The largest absolute Gasteiger partial charge is 0.306 e. The molecule has 0 saturated heterocycles. The zero-order chi connectivity index (χ0) is 13.8. The highest BCUT2D eigenvalue weighted by molar-refractivity contribution is 7.10. The Bertz CT molecular complexity index is 553. The van der Waals surface area contributed by atoms with Crippen molar-refractivity contribution in [1.82, 2.24) is 5.32 Å². The standard InChI is InChI=1S/C15H17ClFNS/c1-3-7-18-14(15-13(16)6-8-19-15)12-5-4-11(17)9-10(12)2/h4-6,8-9,14,18H,3,7H2,1-2H3. The zero-order valence-electron chi connectivity index (χ0n) is 11.0. The Kier molecular flexibility index (Phi) is 4.97. The second-order valence-corrected chi connectivity index (χ2v) is 5.88. The van der Waals surface area contributed by atoms with Gasteiger partial charge in [0.2, 0.25) is 0 Å². The van der Waals surface area contributed by atoms with Gasteiger partial charge in [0.25, 0.3) is 0 Å². The van der Waals surface area contributed by atoms with Crippen LogP contribution in [-0.4, -0.2) is 6.54 Å². The lowest BCUT2D eigenvalue weighted by atomic mass is 9.99. The molecule has 0 amide bonds. The molecule has 102 valence electrons. The van der Waals surface area contributed by atoms with Crippen molar-refractivity contribution in [3.05, 3.63) is 56.5 Å². The van der Waals surface area contributed by atoms with E-state index < -0.39 is 0 Å². The summed E-state index contributed by atoms with van der Waals surface area (Å²) in [6.45, 7) is 4.95. The minimum Gasteiger partial charge on any atom is -0.306 e. The van der Waals surface area contributed by atoms with Crippen molar-refractivity contribution in [1.29, 1.82) is 0 Å². The monoisotopic (exact) mass is 297 g/mol. The van der Waals surface area contributed by atoms with Crippen LogP contribution in [0.5, 0.6) is 0 Å². The molecular weight excluding hydrogens is 281 g/mol. The van der Waals surface area contributed by atoms with E-state index in [-0.39, 0.29) is 11.9 Å². The van der Waals surface area contributed by atoms with E-state index in [0.717, 1.165) is 34.0 Å². The maximum absolute atomic E-state index is 13.2. The molecule has 0 saturated carbocycles. The number of halogens is 2. The molecule has 0 spiro atoms. The molecule has 0 fully saturated rings. The van der Waals surface area contributed by atoms with E-state index in [1.54, 1.807) is 17.4 Å². The molecular formula is C15H17ClFNS. The predicted octanol–water partition coefficient (Wildman–Crippen LogP) is 4.94. The third kappa shape index (κ3) is 3.35. The Morgan fingerprint density at radius 3 is 2.74 bits per heavy atom. The summed E-state index contributed by atoms with van der Waals surface area (Å²) in [5.41, 5.74) is 2.03. The summed E-state index contributed by atoms with van der Waals surface area (Å²) in [4.78, 5) is 1.09. The SMILES string of the molecule is CCCNC(c1ccc(F)cc1C)c1sccc1Cl. The first kappa shape index (κ1) is 14.5. The molecule has 4 heteroatoms. The van der Waals surface area contributed by atoms with Gasteiger partial charge in [-0.05, 0) is 54.6 Å². The van der Waals surface area contributed by atoms with Gasteiger partial charge >= 0.3 is 0 Å². The maximum atomic E-state index is 13.2. The van der Waals surface area contributed by atoms with E-state index in [0.29, 0.717) is 0 Å². The highest BCUT2D eigenvalue weighted by atomic mass is 35.5. The molecule has 0 aliphatic rings. The van der Waals surface area contributed by atoms with Crippen molar-refractivity contribution >= 4 is 22.9 Å². The normalized spacial score (nSPS) is 12.6. The van der Waals surface area contributed by atoms with E-state index >= 15 is 0 Å². The molecule has 2 rings (SSSR count). The van der Waals surface area contributed by atoms with Gasteiger partial charge in [0.1, 0.15) is 5.82 Å². The van der Waals surface area contributed by atoms with Crippen LogP contribution in [0.1, 0.15) is 35.4 Å². The lowest BCUT2D eigenvalue weighted by molar-refractivity contribution is 0.596. The minimum absolute atomic E-state index is 0.0352. The Balaban J connectivity index is 2.40. The predicted molar refractivity (Wildman–Crippen MR) is 80.6 cm³/mol. The molecule has 1 nitrogen and oxygen atoms in total. The molecule has 1 heterocycles. The molecule has 2 aromatic rings. The molecule has 0 aliphatic carbocycles. The van der Waals surface area contributed by atoms with Gasteiger partial charge in [0.05, 0.1) is 11.1 Å². The van der Waals surface area contributed by atoms with E-state index in [1.807, 2.05) is 24.4 Å². The Labute approximate surface area is 122 Å². The van der Waals surface area contributed by atoms with Crippen molar-refractivity contribution in [2.45, 2.75) is 26.3 Å². The van der Waals surface area contributed by atoms with Crippen molar-refractivity contribution in [3.63, 3.8) is 0 Å². The third-order valence-electron chi connectivity index (χ3n) is 3.05. The van der Waals surface area contributed by atoms with Crippen LogP contribution in [0.25, 0.3) is 0 Å². The summed E-state index contributed by atoms with van der Waals surface area (Å²) in [6.07, 6.45) is 1.04. The molecule has 0 aliphatic heterocycles. The Morgan fingerprint density at radius 2 is 2.16 bits per heavy atom. The van der Waals surface area contributed by atoms with Gasteiger partial charge in [-0.15, -0.1) is 11.3 Å². The lowest BCUT2D eigenvalue weighted by Crippen LogP contribution is -2.23. The van der Waals surface area contributed by atoms with Crippen molar-refractivity contribution in [2.24, 2.45) is 0 Å².